The van der Waals surface area contributed by atoms with E-state index in [1.165, 1.54) is 11.8 Å². The SMILES string of the molecule is CCSc1ccccc1C(=O)OCC(=O)NN1C(=O)NC2(CCC(C)CC2)C1=O. The molecule has 1 saturated heterocycles. The van der Waals surface area contributed by atoms with Gasteiger partial charge in [-0.2, -0.15) is 5.01 Å². The fourth-order valence-electron chi connectivity index (χ4n) is 3.60. The number of hydrazine groups is 1. The van der Waals surface area contributed by atoms with Crippen LogP contribution in [0.15, 0.2) is 29.2 Å². The summed E-state index contributed by atoms with van der Waals surface area (Å²) in [4.78, 5) is 50.2. The van der Waals surface area contributed by atoms with Gasteiger partial charge in [0.05, 0.1) is 5.56 Å². The summed E-state index contributed by atoms with van der Waals surface area (Å²) in [6, 6.07) is 6.31. The number of nitrogens with one attached hydrogen (secondary N) is 2. The summed E-state index contributed by atoms with van der Waals surface area (Å²) in [5.74, 6) is -0.548. The van der Waals surface area contributed by atoms with Gasteiger partial charge < -0.3 is 10.1 Å². The van der Waals surface area contributed by atoms with Crippen LogP contribution >= 0.6 is 11.8 Å². The summed E-state index contributed by atoms with van der Waals surface area (Å²) >= 11 is 1.50. The summed E-state index contributed by atoms with van der Waals surface area (Å²) in [5, 5.41) is 3.42. The maximum Gasteiger partial charge on any atom is 0.344 e. The molecule has 4 amide bonds. The predicted molar refractivity (Wildman–Crippen MR) is 107 cm³/mol. The standard InChI is InChI=1S/C20H25N3O5S/c1-3-29-15-7-5-4-6-14(15)17(25)28-12-16(24)22-23-18(26)20(21-19(23)27)10-8-13(2)9-11-20/h4-7,13H,3,8-12H2,1-2H3,(H,21,27)(H,22,24). The van der Waals surface area contributed by atoms with Crippen LogP contribution in [-0.4, -0.2) is 46.7 Å². The van der Waals surface area contributed by atoms with E-state index in [9.17, 15) is 19.2 Å². The molecule has 1 aromatic rings. The molecule has 3 rings (SSSR count). The van der Waals surface area contributed by atoms with Crippen LogP contribution in [0.25, 0.3) is 0 Å². The Labute approximate surface area is 173 Å². The second-order valence-corrected chi connectivity index (χ2v) is 8.68. The molecule has 2 N–H and O–H groups in total. The van der Waals surface area contributed by atoms with Gasteiger partial charge in [-0.25, -0.2) is 9.59 Å². The number of benzene rings is 1. The number of esters is 1. The maximum absolute atomic E-state index is 12.7. The Balaban J connectivity index is 1.56. The Morgan fingerprint density at radius 1 is 1.28 bits per heavy atom. The number of thioether (sulfide) groups is 1. The first kappa shape index (κ1) is 21.2. The van der Waals surface area contributed by atoms with Crippen LogP contribution in [0.4, 0.5) is 4.79 Å². The number of carbonyl (C=O) groups excluding carboxylic acids is 4. The quantitative estimate of drug-likeness (QED) is 0.417. The van der Waals surface area contributed by atoms with E-state index in [1.54, 1.807) is 12.1 Å². The minimum Gasteiger partial charge on any atom is -0.452 e. The molecule has 8 nitrogen and oxygen atoms in total. The molecule has 0 aromatic heterocycles. The van der Waals surface area contributed by atoms with Crippen LogP contribution in [0.2, 0.25) is 0 Å². The van der Waals surface area contributed by atoms with Gasteiger partial charge in [-0.3, -0.25) is 15.0 Å². The van der Waals surface area contributed by atoms with Gasteiger partial charge in [0.2, 0.25) is 0 Å². The summed E-state index contributed by atoms with van der Waals surface area (Å²) < 4.78 is 5.07. The van der Waals surface area contributed by atoms with Crippen molar-refractivity contribution in [2.45, 2.75) is 50.0 Å². The zero-order chi connectivity index (χ0) is 21.0. The van der Waals surface area contributed by atoms with Gasteiger partial charge in [0.25, 0.3) is 11.8 Å². The molecular formula is C20H25N3O5S. The van der Waals surface area contributed by atoms with E-state index in [-0.39, 0.29) is 0 Å². The number of rotatable bonds is 6. The molecule has 156 valence electrons. The number of hydrogen-bond acceptors (Lipinski definition) is 6. The number of nitrogens with zero attached hydrogens (tertiary/aromatic N) is 1. The second kappa shape index (κ2) is 8.86. The third-order valence-corrected chi connectivity index (χ3v) is 6.22. The molecule has 0 radical (unpaired) electrons. The molecule has 1 saturated carbocycles. The molecule has 29 heavy (non-hydrogen) atoms. The molecule has 1 aliphatic carbocycles. The highest BCUT2D eigenvalue weighted by Gasteiger charge is 2.52. The van der Waals surface area contributed by atoms with Crippen molar-refractivity contribution in [2.75, 3.05) is 12.4 Å². The minimum atomic E-state index is -0.941. The second-order valence-electron chi connectivity index (χ2n) is 7.38. The van der Waals surface area contributed by atoms with E-state index in [4.69, 9.17) is 4.74 Å². The van der Waals surface area contributed by atoms with Crippen molar-refractivity contribution in [3.63, 3.8) is 0 Å². The van der Waals surface area contributed by atoms with Crippen LogP contribution in [0.1, 0.15) is 49.9 Å². The van der Waals surface area contributed by atoms with E-state index in [2.05, 4.69) is 17.7 Å². The molecule has 0 atom stereocenters. The van der Waals surface area contributed by atoms with Crippen LogP contribution in [0, 0.1) is 5.92 Å². The largest absolute Gasteiger partial charge is 0.452 e. The number of imide groups is 1. The first-order chi connectivity index (χ1) is 13.9. The van der Waals surface area contributed by atoms with Crippen molar-refractivity contribution in [1.82, 2.24) is 15.8 Å². The average molecular weight is 420 g/mol. The van der Waals surface area contributed by atoms with Gasteiger partial charge >= 0.3 is 12.0 Å². The van der Waals surface area contributed by atoms with E-state index in [1.807, 2.05) is 19.1 Å². The van der Waals surface area contributed by atoms with E-state index in [0.717, 1.165) is 23.5 Å². The highest BCUT2D eigenvalue weighted by atomic mass is 32.2. The molecule has 1 spiro atoms. The van der Waals surface area contributed by atoms with Crippen molar-refractivity contribution in [1.29, 1.82) is 0 Å². The lowest BCUT2D eigenvalue weighted by molar-refractivity contribution is -0.141. The fourth-order valence-corrected chi connectivity index (χ4v) is 4.39. The number of carbonyl (C=O) groups is 4. The van der Waals surface area contributed by atoms with Crippen molar-refractivity contribution in [2.24, 2.45) is 5.92 Å². The molecule has 1 aliphatic heterocycles. The lowest BCUT2D eigenvalue weighted by atomic mass is 9.77. The number of ether oxygens (including phenoxy) is 1. The van der Waals surface area contributed by atoms with Crippen LogP contribution < -0.4 is 10.7 Å². The fraction of sp³-hybridized carbons (Fsp3) is 0.500. The maximum atomic E-state index is 12.7. The Morgan fingerprint density at radius 3 is 2.66 bits per heavy atom. The first-order valence-electron chi connectivity index (χ1n) is 9.71. The van der Waals surface area contributed by atoms with Crippen molar-refractivity contribution in [3.05, 3.63) is 29.8 Å². The molecule has 1 aromatic carbocycles. The predicted octanol–water partition coefficient (Wildman–Crippen LogP) is 2.49. The Kier molecular flexibility index (Phi) is 6.46. The summed E-state index contributed by atoms with van der Waals surface area (Å²) in [7, 11) is 0. The molecule has 0 bridgehead atoms. The molecular weight excluding hydrogens is 394 g/mol. The smallest absolute Gasteiger partial charge is 0.344 e. The molecule has 2 fully saturated rings. The summed E-state index contributed by atoms with van der Waals surface area (Å²) in [6.07, 6.45) is 2.76. The van der Waals surface area contributed by atoms with E-state index < -0.39 is 36.0 Å². The van der Waals surface area contributed by atoms with Gasteiger partial charge in [-0.15, -0.1) is 11.8 Å². The van der Waals surface area contributed by atoms with Crippen molar-refractivity contribution < 1.29 is 23.9 Å². The van der Waals surface area contributed by atoms with Crippen molar-refractivity contribution in [3.8, 4) is 0 Å². The number of urea groups is 1. The summed E-state index contributed by atoms with van der Waals surface area (Å²) in [5.41, 5.74) is 1.69. The zero-order valence-corrected chi connectivity index (χ0v) is 17.3. The molecule has 1 heterocycles. The molecule has 9 heteroatoms. The van der Waals surface area contributed by atoms with Gasteiger partial charge in [0.15, 0.2) is 6.61 Å². The number of hydrogen-bond donors (Lipinski definition) is 2. The third-order valence-electron chi connectivity index (χ3n) is 5.27. The molecule has 2 aliphatic rings. The monoisotopic (exact) mass is 419 g/mol. The first-order valence-corrected chi connectivity index (χ1v) is 10.7. The Bertz CT molecular complexity index is 820. The van der Waals surface area contributed by atoms with Crippen molar-refractivity contribution >= 4 is 35.6 Å². The van der Waals surface area contributed by atoms with Gasteiger partial charge in [-0.05, 0) is 49.5 Å². The normalized spacial score (nSPS) is 23.8. The van der Waals surface area contributed by atoms with Gasteiger partial charge in [0.1, 0.15) is 5.54 Å². The van der Waals surface area contributed by atoms with E-state index in [0.29, 0.717) is 29.3 Å². The van der Waals surface area contributed by atoms with Gasteiger partial charge in [0, 0.05) is 4.90 Å². The third kappa shape index (κ3) is 4.55. The topological polar surface area (TPSA) is 105 Å². The van der Waals surface area contributed by atoms with Crippen LogP contribution in [-0.2, 0) is 14.3 Å². The van der Waals surface area contributed by atoms with E-state index >= 15 is 0 Å². The Hall–Kier alpha value is -2.55. The average Bonchev–Trinajstić information content (AvgIpc) is 2.93. The lowest BCUT2D eigenvalue weighted by Gasteiger charge is -2.33. The highest BCUT2D eigenvalue weighted by molar-refractivity contribution is 7.99. The van der Waals surface area contributed by atoms with Crippen LogP contribution in [0.3, 0.4) is 0 Å². The van der Waals surface area contributed by atoms with Crippen LogP contribution in [0.5, 0.6) is 0 Å². The lowest BCUT2D eigenvalue weighted by Crippen LogP contribution is -2.52. The Morgan fingerprint density at radius 2 is 1.97 bits per heavy atom. The number of amides is 4. The summed E-state index contributed by atoms with van der Waals surface area (Å²) in [6.45, 7) is 3.49. The minimum absolute atomic E-state index is 0.373. The highest BCUT2D eigenvalue weighted by Crippen LogP contribution is 2.35. The zero-order valence-electron chi connectivity index (χ0n) is 16.5. The molecule has 0 unspecified atom stereocenters. The van der Waals surface area contributed by atoms with Gasteiger partial charge in [-0.1, -0.05) is 26.0 Å².